The van der Waals surface area contributed by atoms with Crippen LogP contribution in [0.1, 0.15) is 29.8 Å². The van der Waals surface area contributed by atoms with E-state index in [1.54, 1.807) is 16.2 Å². The summed E-state index contributed by atoms with van der Waals surface area (Å²) in [5.41, 5.74) is 1.16. The number of methoxy groups -OCH3 is 1. The van der Waals surface area contributed by atoms with Crippen LogP contribution in [-0.2, 0) is 16.0 Å². The predicted molar refractivity (Wildman–Crippen MR) is 79.6 cm³/mol. The van der Waals surface area contributed by atoms with Crippen molar-refractivity contribution in [2.24, 2.45) is 0 Å². The van der Waals surface area contributed by atoms with Gasteiger partial charge in [0.25, 0.3) is 0 Å². The number of thiophene rings is 1. The summed E-state index contributed by atoms with van der Waals surface area (Å²) in [4.78, 5) is 26.5. The highest BCUT2D eigenvalue weighted by molar-refractivity contribution is 7.10. The monoisotopic (exact) mass is 312 g/mol. The molecule has 0 aromatic carbocycles. The molecule has 0 aliphatic carbocycles. The third-order valence-electron chi connectivity index (χ3n) is 3.74. The van der Waals surface area contributed by atoms with E-state index in [2.05, 4.69) is 5.32 Å². The third kappa shape index (κ3) is 3.54. The zero-order valence-electron chi connectivity index (χ0n) is 12.2. The molecule has 0 bridgehead atoms. The maximum atomic E-state index is 12.3. The molecule has 2 N–H and O–H groups in total. The summed E-state index contributed by atoms with van der Waals surface area (Å²) in [5, 5.41) is 13.8. The van der Waals surface area contributed by atoms with Crippen molar-refractivity contribution in [1.82, 2.24) is 10.2 Å². The standard InChI is InChI=1S/C14H20N2O4S/c1-9-10-5-8-21-12(10)3-6-16(9)14(19)15-11(13(17)18)4-7-20-2/h5,8-9,11H,3-4,6-7H2,1-2H3,(H,15,19)(H,17,18). The van der Waals surface area contributed by atoms with Gasteiger partial charge in [-0.2, -0.15) is 0 Å². The number of carbonyl (C=O) groups is 2. The number of urea groups is 1. The van der Waals surface area contributed by atoms with Crippen LogP contribution in [0.3, 0.4) is 0 Å². The Labute approximate surface area is 127 Å². The fourth-order valence-electron chi connectivity index (χ4n) is 2.51. The molecule has 2 heterocycles. The maximum Gasteiger partial charge on any atom is 0.326 e. The Kier molecular flexibility index (Phi) is 5.19. The van der Waals surface area contributed by atoms with E-state index in [-0.39, 0.29) is 18.5 Å². The highest BCUT2D eigenvalue weighted by Crippen LogP contribution is 2.32. The summed E-state index contributed by atoms with van der Waals surface area (Å²) in [6, 6.07) is 0.747. The zero-order valence-corrected chi connectivity index (χ0v) is 13.0. The molecule has 2 atom stereocenters. The minimum atomic E-state index is -1.04. The molecule has 2 amide bonds. The molecule has 116 valence electrons. The summed E-state index contributed by atoms with van der Waals surface area (Å²) in [7, 11) is 1.51. The molecule has 1 aliphatic rings. The molecule has 0 saturated heterocycles. The van der Waals surface area contributed by atoms with Gasteiger partial charge in [-0.15, -0.1) is 11.3 Å². The topological polar surface area (TPSA) is 78.9 Å². The molecule has 7 heteroatoms. The summed E-state index contributed by atoms with van der Waals surface area (Å²) >= 11 is 1.70. The predicted octanol–water partition coefficient (Wildman–Crippen LogP) is 1.87. The molecule has 21 heavy (non-hydrogen) atoms. The Bertz CT molecular complexity index is 517. The number of ether oxygens (including phenoxy) is 1. The number of rotatable bonds is 5. The minimum absolute atomic E-state index is 0.0307. The molecule has 0 saturated carbocycles. The molecule has 0 spiro atoms. The van der Waals surface area contributed by atoms with Gasteiger partial charge in [-0.25, -0.2) is 9.59 Å². The molecule has 2 rings (SSSR count). The van der Waals surface area contributed by atoms with Crippen molar-refractivity contribution in [3.8, 4) is 0 Å². The number of nitrogens with zero attached hydrogens (tertiary/aromatic N) is 1. The lowest BCUT2D eigenvalue weighted by Gasteiger charge is -2.34. The van der Waals surface area contributed by atoms with Gasteiger partial charge >= 0.3 is 12.0 Å². The Hall–Kier alpha value is -1.60. The van der Waals surface area contributed by atoms with E-state index in [0.29, 0.717) is 13.2 Å². The fourth-order valence-corrected chi connectivity index (χ4v) is 3.47. The van der Waals surface area contributed by atoms with Gasteiger partial charge in [-0.3, -0.25) is 0 Å². The maximum absolute atomic E-state index is 12.3. The summed E-state index contributed by atoms with van der Waals surface area (Å²) in [5.74, 6) is -1.04. The first-order chi connectivity index (χ1) is 10.0. The van der Waals surface area contributed by atoms with Crippen LogP contribution >= 0.6 is 11.3 Å². The van der Waals surface area contributed by atoms with E-state index in [1.165, 1.54) is 12.0 Å². The van der Waals surface area contributed by atoms with Crippen molar-refractivity contribution in [3.05, 3.63) is 21.9 Å². The lowest BCUT2D eigenvalue weighted by atomic mass is 10.0. The number of hydrogen-bond donors (Lipinski definition) is 2. The van der Waals surface area contributed by atoms with Crippen molar-refractivity contribution < 1.29 is 19.4 Å². The van der Waals surface area contributed by atoms with Gasteiger partial charge in [-0.1, -0.05) is 0 Å². The molecule has 0 fully saturated rings. The van der Waals surface area contributed by atoms with Gasteiger partial charge in [0.2, 0.25) is 0 Å². The SMILES string of the molecule is COCCC(NC(=O)N1CCc2sccc2C1C)C(=O)O. The van der Waals surface area contributed by atoms with Crippen LogP contribution in [0.2, 0.25) is 0 Å². The number of carbonyl (C=O) groups excluding carboxylic acids is 1. The first kappa shape index (κ1) is 15.8. The normalized spacial score (nSPS) is 19.0. The highest BCUT2D eigenvalue weighted by atomic mass is 32.1. The zero-order chi connectivity index (χ0) is 15.4. The number of aliphatic carboxylic acids is 1. The Morgan fingerprint density at radius 1 is 1.62 bits per heavy atom. The minimum Gasteiger partial charge on any atom is -0.480 e. The van der Waals surface area contributed by atoms with Gasteiger partial charge in [0.15, 0.2) is 0 Å². The molecule has 6 nitrogen and oxygen atoms in total. The van der Waals surface area contributed by atoms with Crippen LogP contribution < -0.4 is 5.32 Å². The summed E-state index contributed by atoms with van der Waals surface area (Å²) in [6.07, 6.45) is 1.07. The smallest absolute Gasteiger partial charge is 0.326 e. The van der Waals surface area contributed by atoms with Crippen LogP contribution in [0.25, 0.3) is 0 Å². The largest absolute Gasteiger partial charge is 0.480 e. The number of carboxylic acids is 1. The lowest BCUT2D eigenvalue weighted by molar-refractivity contribution is -0.139. The molecule has 1 aromatic heterocycles. The van der Waals surface area contributed by atoms with E-state index < -0.39 is 12.0 Å². The van der Waals surface area contributed by atoms with Gasteiger partial charge in [0.1, 0.15) is 6.04 Å². The number of hydrogen-bond acceptors (Lipinski definition) is 4. The summed E-state index contributed by atoms with van der Waals surface area (Å²) < 4.78 is 4.88. The third-order valence-corrected chi connectivity index (χ3v) is 4.74. The molecule has 2 unspecified atom stereocenters. The fraction of sp³-hybridized carbons (Fsp3) is 0.571. The van der Waals surface area contributed by atoms with Crippen LogP contribution in [0.5, 0.6) is 0 Å². The number of fused-ring (bicyclic) bond motifs is 1. The van der Waals surface area contributed by atoms with Crippen molar-refractivity contribution in [2.75, 3.05) is 20.3 Å². The molecule has 1 aromatic rings. The van der Waals surface area contributed by atoms with Crippen LogP contribution in [0.15, 0.2) is 11.4 Å². The number of carboxylic acid groups (broad SMARTS) is 1. The molecule has 1 aliphatic heterocycles. The van der Waals surface area contributed by atoms with Crippen molar-refractivity contribution in [1.29, 1.82) is 0 Å². The quantitative estimate of drug-likeness (QED) is 0.870. The van der Waals surface area contributed by atoms with E-state index in [9.17, 15) is 9.59 Å². The average Bonchev–Trinajstić information content (AvgIpc) is 2.92. The van der Waals surface area contributed by atoms with E-state index in [0.717, 1.165) is 12.0 Å². The molecular formula is C14H20N2O4S. The average molecular weight is 312 g/mol. The Morgan fingerprint density at radius 3 is 3.05 bits per heavy atom. The van der Waals surface area contributed by atoms with Crippen LogP contribution in [0.4, 0.5) is 4.79 Å². The van der Waals surface area contributed by atoms with Crippen molar-refractivity contribution in [2.45, 2.75) is 31.8 Å². The van der Waals surface area contributed by atoms with Gasteiger partial charge in [0.05, 0.1) is 6.04 Å². The van der Waals surface area contributed by atoms with Gasteiger partial charge in [-0.05, 0) is 30.4 Å². The first-order valence-corrected chi connectivity index (χ1v) is 7.77. The number of nitrogens with one attached hydrogen (secondary N) is 1. The second-order valence-corrected chi connectivity index (χ2v) is 6.04. The van der Waals surface area contributed by atoms with E-state index in [4.69, 9.17) is 9.84 Å². The number of amides is 2. The van der Waals surface area contributed by atoms with E-state index >= 15 is 0 Å². The lowest BCUT2D eigenvalue weighted by Crippen LogP contribution is -2.50. The van der Waals surface area contributed by atoms with E-state index in [1.807, 2.05) is 18.4 Å². The molecule has 0 radical (unpaired) electrons. The van der Waals surface area contributed by atoms with Crippen molar-refractivity contribution >= 4 is 23.3 Å². The van der Waals surface area contributed by atoms with Gasteiger partial charge in [0, 0.05) is 31.6 Å². The van der Waals surface area contributed by atoms with Gasteiger partial charge < -0.3 is 20.1 Å². The second-order valence-electron chi connectivity index (χ2n) is 5.04. The van der Waals surface area contributed by atoms with Crippen LogP contribution in [-0.4, -0.2) is 48.3 Å². The van der Waals surface area contributed by atoms with Crippen molar-refractivity contribution in [3.63, 3.8) is 0 Å². The second kappa shape index (κ2) is 6.91. The highest BCUT2D eigenvalue weighted by Gasteiger charge is 2.30. The van der Waals surface area contributed by atoms with Crippen LogP contribution in [0, 0.1) is 0 Å². The Balaban J connectivity index is 2.01. The molecular weight excluding hydrogens is 292 g/mol. The summed E-state index contributed by atoms with van der Waals surface area (Å²) in [6.45, 7) is 2.87. The Morgan fingerprint density at radius 2 is 2.38 bits per heavy atom. The first-order valence-electron chi connectivity index (χ1n) is 6.89.